The molecule has 0 aliphatic carbocycles. The van der Waals surface area contributed by atoms with E-state index in [0.717, 1.165) is 9.40 Å². The lowest BCUT2D eigenvalue weighted by molar-refractivity contribution is 0.0958. The minimum absolute atomic E-state index is 0.0947. The summed E-state index contributed by atoms with van der Waals surface area (Å²) in [5.74, 6) is -0.0387. The molecule has 2 aromatic heterocycles. The summed E-state index contributed by atoms with van der Waals surface area (Å²) in [4.78, 5) is 12.8. The van der Waals surface area contributed by atoms with E-state index in [-0.39, 0.29) is 11.7 Å². The fourth-order valence-electron chi connectivity index (χ4n) is 2.23. The van der Waals surface area contributed by atoms with Crippen molar-refractivity contribution in [1.29, 1.82) is 0 Å². The van der Waals surface area contributed by atoms with Gasteiger partial charge in [0.15, 0.2) is 0 Å². The molecule has 0 saturated heterocycles. The van der Waals surface area contributed by atoms with E-state index >= 15 is 0 Å². The van der Waals surface area contributed by atoms with E-state index in [1.54, 1.807) is 11.3 Å². The topological polar surface area (TPSA) is 63.2 Å². The molecular weight excluding hydrogens is 338 g/mol. The van der Waals surface area contributed by atoms with Gasteiger partial charge < -0.3 is 5.32 Å². The molecule has 0 spiro atoms. The highest BCUT2D eigenvalue weighted by Gasteiger charge is 2.14. The summed E-state index contributed by atoms with van der Waals surface area (Å²) in [6, 6.07) is 10.1. The van der Waals surface area contributed by atoms with Gasteiger partial charge in [-0.3, -0.25) is 4.79 Å². The summed E-state index contributed by atoms with van der Waals surface area (Å²) in [6.45, 7) is 0.373. The molecule has 2 heterocycles. The molecule has 3 aromatic rings. The van der Waals surface area contributed by atoms with Gasteiger partial charge in [0, 0.05) is 27.6 Å². The zero-order valence-corrected chi connectivity index (χ0v) is 14.4. The third-order valence-corrected chi connectivity index (χ3v) is 6.70. The van der Waals surface area contributed by atoms with Crippen molar-refractivity contribution in [3.05, 3.63) is 35.2 Å². The van der Waals surface area contributed by atoms with Crippen molar-refractivity contribution in [3.63, 3.8) is 0 Å². The Hall–Kier alpha value is -1.44. The quantitative estimate of drug-likeness (QED) is 0.716. The number of amides is 1. The van der Waals surface area contributed by atoms with Crippen molar-refractivity contribution in [2.45, 2.75) is 6.42 Å². The summed E-state index contributed by atoms with van der Waals surface area (Å²) in [6.07, 6.45) is 1.64. The van der Waals surface area contributed by atoms with E-state index in [2.05, 4.69) is 17.4 Å². The number of hydrogen-bond donors (Lipinski definition) is 1. The molecule has 3 rings (SSSR count). The maximum absolute atomic E-state index is 12.1. The van der Waals surface area contributed by atoms with Crippen LogP contribution in [-0.2, 0) is 9.84 Å². The van der Waals surface area contributed by atoms with Crippen LogP contribution in [0, 0.1) is 0 Å². The van der Waals surface area contributed by atoms with E-state index in [4.69, 9.17) is 0 Å². The highest BCUT2D eigenvalue weighted by atomic mass is 32.2. The van der Waals surface area contributed by atoms with Crippen LogP contribution in [0.4, 0.5) is 0 Å². The molecule has 116 valence electrons. The van der Waals surface area contributed by atoms with Gasteiger partial charge in [-0.1, -0.05) is 18.2 Å². The van der Waals surface area contributed by atoms with Gasteiger partial charge in [0.2, 0.25) is 0 Å². The highest BCUT2D eigenvalue weighted by molar-refractivity contribution is 7.90. The van der Waals surface area contributed by atoms with Gasteiger partial charge in [-0.05, 0) is 18.6 Å². The van der Waals surface area contributed by atoms with Gasteiger partial charge in [0.05, 0.1) is 15.3 Å². The third kappa shape index (κ3) is 3.31. The number of carbonyl (C=O) groups excluding carboxylic acids is 1. The molecule has 1 aromatic carbocycles. The van der Waals surface area contributed by atoms with Crippen LogP contribution in [0.1, 0.15) is 16.1 Å². The molecule has 0 saturated carbocycles. The molecule has 4 nitrogen and oxygen atoms in total. The van der Waals surface area contributed by atoms with Crippen LogP contribution >= 0.6 is 22.7 Å². The average Bonchev–Trinajstić information content (AvgIpc) is 3.00. The fraction of sp³-hybridized carbons (Fsp3) is 0.267. The van der Waals surface area contributed by atoms with Crippen LogP contribution in [0.3, 0.4) is 0 Å². The van der Waals surface area contributed by atoms with E-state index in [1.165, 1.54) is 27.7 Å². The minimum atomic E-state index is -2.97. The first kappa shape index (κ1) is 15.5. The number of fused-ring (bicyclic) bond motifs is 3. The van der Waals surface area contributed by atoms with Gasteiger partial charge in [0.25, 0.3) is 5.91 Å². The number of carbonyl (C=O) groups is 1. The molecule has 7 heteroatoms. The molecule has 1 N–H and O–H groups in total. The zero-order valence-electron chi connectivity index (χ0n) is 12.0. The van der Waals surface area contributed by atoms with Crippen molar-refractivity contribution in [2.24, 2.45) is 0 Å². The van der Waals surface area contributed by atoms with Crippen molar-refractivity contribution in [1.82, 2.24) is 5.32 Å². The number of nitrogens with one attached hydrogen (secondary N) is 1. The monoisotopic (exact) mass is 353 g/mol. The average molecular weight is 353 g/mol. The van der Waals surface area contributed by atoms with Gasteiger partial charge in [-0.2, -0.15) is 0 Å². The lowest BCUT2D eigenvalue weighted by Gasteiger charge is -2.02. The Labute approximate surface area is 136 Å². The molecule has 0 bridgehead atoms. The fourth-order valence-corrected chi connectivity index (χ4v) is 5.34. The van der Waals surface area contributed by atoms with E-state index < -0.39 is 9.84 Å². The number of hydrogen-bond acceptors (Lipinski definition) is 5. The Bertz CT molecular complexity index is 937. The van der Waals surface area contributed by atoms with E-state index in [0.29, 0.717) is 17.8 Å². The summed E-state index contributed by atoms with van der Waals surface area (Å²) in [5, 5.41) is 3.97. The van der Waals surface area contributed by atoms with Gasteiger partial charge in [0.1, 0.15) is 9.84 Å². The molecule has 0 fully saturated rings. The first-order valence-electron chi connectivity index (χ1n) is 6.81. The molecule has 0 unspecified atom stereocenters. The molecule has 1 amide bonds. The second-order valence-corrected chi connectivity index (χ2v) is 9.54. The van der Waals surface area contributed by atoms with Crippen LogP contribution < -0.4 is 5.32 Å². The number of sulfone groups is 1. The zero-order chi connectivity index (χ0) is 15.7. The predicted molar refractivity (Wildman–Crippen MR) is 93.9 cm³/mol. The first-order chi connectivity index (χ1) is 10.4. The lowest BCUT2D eigenvalue weighted by Crippen LogP contribution is -2.25. The number of thiophene rings is 2. The Morgan fingerprint density at radius 1 is 1.18 bits per heavy atom. The second kappa shape index (κ2) is 5.98. The summed E-state index contributed by atoms with van der Waals surface area (Å²) in [5.41, 5.74) is 0. The molecule has 22 heavy (non-hydrogen) atoms. The molecule has 0 radical (unpaired) electrons. The summed E-state index contributed by atoms with van der Waals surface area (Å²) in [7, 11) is -2.97. The van der Waals surface area contributed by atoms with Crippen molar-refractivity contribution in [3.8, 4) is 0 Å². The van der Waals surface area contributed by atoms with Crippen LogP contribution in [-0.4, -0.2) is 32.9 Å². The predicted octanol–water partition coefficient (Wildman–Crippen LogP) is 3.28. The van der Waals surface area contributed by atoms with Crippen LogP contribution in [0.15, 0.2) is 30.3 Å². The third-order valence-electron chi connectivity index (χ3n) is 3.25. The van der Waals surface area contributed by atoms with Crippen LogP contribution in [0.5, 0.6) is 0 Å². The molecule has 0 aliphatic rings. The smallest absolute Gasteiger partial charge is 0.261 e. The Morgan fingerprint density at radius 3 is 2.73 bits per heavy atom. The Balaban J connectivity index is 1.72. The van der Waals surface area contributed by atoms with Crippen LogP contribution in [0.2, 0.25) is 0 Å². The van der Waals surface area contributed by atoms with Gasteiger partial charge >= 0.3 is 0 Å². The Morgan fingerprint density at radius 2 is 1.95 bits per heavy atom. The van der Waals surface area contributed by atoms with E-state index in [9.17, 15) is 13.2 Å². The number of rotatable bonds is 5. The first-order valence-corrected chi connectivity index (χ1v) is 10.5. The van der Waals surface area contributed by atoms with E-state index in [1.807, 2.05) is 18.2 Å². The molecule has 0 atom stereocenters. The minimum Gasteiger partial charge on any atom is -0.351 e. The van der Waals surface area contributed by atoms with Gasteiger partial charge in [-0.25, -0.2) is 8.42 Å². The lowest BCUT2D eigenvalue weighted by atomic mass is 10.2. The van der Waals surface area contributed by atoms with Crippen molar-refractivity contribution >= 4 is 57.9 Å². The standard InChI is InChI=1S/C15H15NO3S3/c1-22(18,19)8-4-7-16-15(17)13-9-12-14(21-13)10-5-2-3-6-11(10)20-12/h2-3,5-6,9H,4,7-8H2,1H3,(H,16,17). The number of benzene rings is 1. The maximum Gasteiger partial charge on any atom is 0.261 e. The van der Waals surface area contributed by atoms with Crippen molar-refractivity contribution < 1.29 is 13.2 Å². The SMILES string of the molecule is CS(=O)(=O)CCCNC(=O)c1cc2sc3ccccc3c2s1. The van der Waals surface area contributed by atoms with Crippen LogP contribution in [0.25, 0.3) is 19.5 Å². The largest absolute Gasteiger partial charge is 0.351 e. The molecular formula is C15H15NO3S3. The second-order valence-electron chi connectivity index (χ2n) is 5.14. The van der Waals surface area contributed by atoms with Gasteiger partial charge in [-0.15, -0.1) is 22.7 Å². The van der Waals surface area contributed by atoms with Crippen molar-refractivity contribution in [2.75, 3.05) is 18.6 Å². The Kier molecular flexibility index (Phi) is 4.20. The highest BCUT2D eigenvalue weighted by Crippen LogP contribution is 2.39. The summed E-state index contributed by atoms with van der Waals surface area (Å²) < 4.78 is 25.6. The normalized spacial score (nSPS) is 12.0. The maximum atomic E-state index is 12.1. The molecule has 0 aliphatic heterocycles. The summed E-state index contributed by atoms with van der Waals surface area (Å²) >= 11 is 3.17.